The lowest BCUT2D eigenvalue weighted by molar-refractivity contribution is -0.122. The molecule has 5 rings (SSSR count). The van der Waals surface area contributed by atoms with E-state index in [-0.39, 0.29) is 5.91 Å². The highest BCUT2D eigenvalue weighted by Gasteiger charge is 2.34. The molecule has 4 heterocycles. The van der Waals surface area contributed by atoms with Gasteiger partial charge in [-0.1, -0.05) is 6.07 Å². The fourth-order valence-electron chi connectivity index (χ4n) is 3.87. The lowest BCUT2D eigenvalue weighted by Crippen LogP contribution is -2.57. The van der Waals surface area contributed by atoms with Crippen LogP contribution in [0, 0.1) is 12.8 Å². The lowest BCUT2D eigenvalue weighted by Gasteiger charge is -2.44. The maximum absolute atomic E-state index is 12.4. The van der Waals surface area contributed by atoms with Crippen LogP contribution in [0.5, 0.6) is 0 Å². The van der Waals surface area contributed by atoms with Gasteiger partial charge in [-0.25, -0.2) is 0 Å². The maximum atomic E-state index is 12.4. The Morgan fingerprint density at radius 3 is 2.95 bits per heavy atom. The first-order valence-electron chi connectivity index (χ1n) is 8.14. The monoisotopic (exact) mass is 298 g/mol. The Hall–Kier alpha value is -1.88. The van der Waals surface area contributed by atoms with Crippen LogP contribution in [0.2, 0.25) is 0 Å². The molecule has 0 saturated carbocycles. The minimum atomic E-state index is 0.138. The minimum Gasteiger partial charge on any atom is -0.352 e. The number of carbonyl (C=O) groups excluding carboxylic acids is 1. The van der Waals surface area contributed by atoms with Gasteiger partial charge in [-0.3, -0.25) is 9.89 Å². The molecule has 2 N–H and O–H groups in total. The number of benzene rings is 1. The second-order valence-corrected chi connectivity index (χ2v) is 6.69. The third-order valence-corrected chi connectivity index (χ3v) is 5.18. The van der Waals surface area contributed by atoms with Gasteiger partial charge in [0.2, 0.25) is 5.91 Å². The van der Waals surface area contributed by atoms with E-state index in [0.717, 1.165) is 28.7 Å². The summed E-state index contributed by atoms with van der Waals surface area (Å²) in [5, 5.41) is 11.6. The van der Waals surface area contributed by atoms with Crippen molar-refractivity contribution < 1.29 is 4.79 Å². The van der Waals surface area contributed by atoms with Gasteiger partial charge in [-0.2, -0.15) is 5.10 Å². The molecule has 3 aliphatic heterocycles. The molecular weight excluding hydrogens is 276 g/mol. The molecule has 0 unspecified atom stereocenters. The van der Waals surface area contributed by atoms with Crippen LogP contribution < -0.4 is 5.32 Å². The highest BCUT2D eigenvalue weighted by atomic mass is 16.1. The molecule has 3 aliphatic rings. The molecular formula is C17H22N4O. The van der Waals surface area contributed by atoms with E-state index in [4.69, 9.17) is 0 Å². The summed E-state index contributed by atoms with van der Waals surface area (Å²) < 4.78 is 0. The quantitative estimate of drug-likeness (QED) is 0.905. The molecule has 0 aliphatic carbocycles. The number of aryl methyl sites for hydroxylation is 1. The number of nitrogens with zero attached hydrogens (tertiary/aromatic N) is 2. The second kappa shape index (κ2) is 5.39. The summed E-state index contributed by atoms with van der Waals surface area (Å²) in [5.41, 5.74) is 3.06. The predicted molar refractivity (Wildman–Crippen MR) is 85.6 cm³/mol. The van der Waals surface area contributed by atoms with E-state index in [1.165, 1.54) is 25.9 Å². The van der Waals surface area contributed by atoms with E-state index in [1.54, 1.807) is 0 Å². The van der Waals surface area contributed by atoms with Gasteiger partial charge < -0.3 is 10.2 Å². The number of amides is 1. The summed E-state index contributed by atoms with van der Waals surface area (Å²) in [5.74, 6) is 0.812. The van der Waals surface area contributed by atoms with Crippen LogP contribution in [0.3, 0.4) is 0 Å². The van der Waals surface area contributed by atoms with Crippen LogP contribution in [0.25, 0.3) is 10.9 Å². The molecule has 1 aromatic carbocycles. The predicted octanol–water partition coefficient (Wildman–Crippen LogP) is 1.62. The highest BCUT2D eigenvalue weighted by Crippen LogP contribution is 2.27. The molecule has 0 spiro atoms. The molecule has 2 bridgehead atoms. The van der Waals surface area contributed by atoms with Crippen molar-refractivity contribution >= 4 is 16.8 Å². The normalized spacial score (nSPS) is 27.2. The number of aromatic amines is 1. The third-order valence-electron chi connectivity index (χ3n) is 5.18. The first kappa shape index (κ1) is 13.8. The fraction of sp³-hybridized carbons (Fsp3) is 0.529. The van der Waals surface area contributed by atoms with Crippen molar-refractivity contribution in [2.75, 3.05) is 19.6 Å². The molecule has 22 heavy (non-hydrogen) atoms. The van der Waals surface area contributed by atoms with Crippen LogP contribution in [-0.2, 0) is 11.2 Å². The van der Waals surface area contributed by atoms with Gasteiger partial charge in [0.1, 0.15) is 0 Å². The number of hydrogen-bond acceptors (Lipinski definition) is 3. The minimum absolute atomic E-state index is 0.138. The van der Waals surface area contributed by atoms with Gasteiger partial charge in [0.05, 0.1) is 11.9 Å². The summed E-state index contributed by atoms with van der Waals surface area (Å²) in [4.78, 5) is 14.8. The van der Waals surface area contributed by atoms with Crippen LogP contribution in [0.4, 0.5) is 0 Å². The molecule has 1 aromatic heterocycles. The number of piperidine rings is 3. The van der Waals surface area contributed by atoms with E-state index in [2.05, 4.69) is 26.5 Å². The second-order valence-electron chi connectivity index (χ2n) is 6.69. The SMILES string of the molecule is Cc1[nH]nc2ccc(CC(=O)N[C@H]3CN4CCC3CC4)cc12. The third kappa shape index (κ3) is 2.50. The zero-order chi connectivity index (χ0) is 15.1. The van der Waals surface area contributed by atoms with E-state index in [1.807, 2.05) is 19.1 Å². The molecule has 0 radical (unpaired) electrons. The largest absolute Gasteiger partial charge is 0.352 e. The first-order valence-corrected chi connectivity index (χ1v) is 8.14. The summed E-state index contributed by atoms with van der Waals surface area (Å²) in [7, 11) is 0. The highest BCUT2D eigenvalue weighted by molar-refractivity contribution is 5.84. The molecule has 1 atom stereocenters. The van der Waals surface area contributed by atoms with Crippen molar-refractivity contribution in [3.05, 3.63) is 29.5 Å². The Bertz CT molecular complexity index is 700. The Balaban J connectivity index is 1.43. The molecule has 3 saturated heterocycles. The molecule has 1 amide bonds. The van der Waals surface area contributed by atoms with Crippen molar-refractivity contribution in [2.24, 2.45) is 5.92 Å². The van der Waals surface area contributed by atoms with E-state index >= 15 is 0 Å². The number of H-pyrrole nitrogens is 1. The van der Waals surface area contributed by atoms with Gasteiger partial charge in [0.25, 0.3) is 0 Å². The van der Waals surface area contributed by atoms with Crippen molar-refractivity contribution in [3.8, 4) is 0 Å². The number of fused-ring (bicyclic) bond motifs is 4. The van der Waals surface area contributed by atoms with Gasteiger partial charge in [0, 0.05) is 23.7 Å². The van der Waals surface area contributed by atoms with Crippen LogP contribution in [-0.4, -0.2) is 46.7 Å². The number of rotatable bonds is 3. The average Bonchev–Trinajstić information content (AvgIpc) is 2.89. The van der Waals surface area contributed by atoms with E-state index < -0.39 is 0 Å². The number of nitrogens with one attached hydrogen (secondary N) is 2. The number of aromatic nitrogens is 2. The van der Waals surface area contributed by atoms with E-state index in [9.17, 15) is 4.79 Å². The van der Waals surface area contributed by atoms with Crippen LogP contribution >= 0.6 is 0 Å². The van der Waals surface area contributed by atoms with Crippen molar-refractivity contribution in [1.29, 1.82) is 0 Å². The van der Waals surface area contributed by atoms with Gasteiger partial charge in [0.15, 0.2) is 0 Å². The van der Waals surface area contributed by atoms with Crippen LogP contribution in [0.1, 0.15) is 24.1 Å². The summed E-state index contributed by atoms with van der Waals surface area (Å²) in [6.45, 7) is 5.43. The lowest BCUT2D eigenvalue weighted by atomic mass is 9.84. The topological polar surface area (TPSA) is 61.0 Å². The molecule has 3 fully saturated rings. The van der Waals surface area contributed by atoms with Crippen molar-refractivity contribution in [3.63, 3.8) is 0 Å². The number of carbonyl (C=O) groups is 1. The zero-order valence-electron chi connectivity index (χ0n) is 12.9. The van der Waals surface area contributed by atoms with Crippen LogP contribution in [0.15, 0.2) is 18.2 Å². The Labute approximate surface area is 130 Å². The van der Waals surface area contributed by atoms with Gasteiger partial charge in [-0.05, 0) is 56.5 Å². The summed E-state index contributed by atoms with van der Waals surface area (Å²) >= 11 is 0. The number of hydrogen-bond donors (Lipinski definition) is 2. The summed E-state index contributed by atoms with van der Waals surface area (Å²) in [6.07, 6.45) is 2.90. The Kier molecular flexibility index (Phi) is 3.37. The summed E-state index contributed by atoms with van der Waals surface area (Å²) in [6, 6.07) is 6.40. The Morgan fingerprint density at radius 2 is 2.23 bits per heavy atom. The maximum Gasteiger partial charge on any atom is 0.224 e. The van der Waals surface area contributed by atoms with Gasteiger partial charge in [-0.15, -0.1) is 0 Å². The fourth-order valence-corrected chi connectivity index (χ4v) is 3.87. The first-order chi connectivity index (χ1) is 10.7. The molecule has 2 aromatic rings. The van der Waals surface area contributed by atoms with Crippen molar-refractivity contribution in [1.82, 2.24) is 20.4 Å². The molecule has 5 nitrogen and oxygen atoms in total. The average molecular weight is 298 g/mol. The molecule has 5 heteroatoms. The Morgan fingerprint density at radius 1 is 1.41 bits per heavy atom. The smallest absolute Gasteiger partial charge is 0.224 e. The zero-order valence-corrected chi connectivity index (χ0v) is 12.9. The van der Waals surface area contributed by atoms with Gasteiger partial charge >= 0.3 is 0 Å². The van der Waals surface area contributed by atoms with E-state index in [0.29, 0.717) is 18.4 Å². The van der Waals surface area contributed by atoms with Crippen molar-refractivity contribution in [2.45, 2.75) is 32.2 Å². The standard InChI is InChI=1S/C17H22N4O/c1-11-14-8-12(2-3-15(14)20-19-11)9-17(22)18-16-10-21-6-4-13(16)5-7-21/h2-3,8,13,16H,4-7,9-10H2,1H3,(H,18,22)(H,19,20)/t16-/m0/s1. The molecule has 116 valence electrons.